The lowest BCUT2D eigenvalue weighted by atomic mass is 10.2. The summed E-state index contributed by atoms with van der Waals surface area (Å²) in [5.41, 5.74) is 1.38. The Morgan fingerprint density at radius 3 is 2.90 bits per heavy atom. The van der Waals surface area contributed by atoms with Crippen molar-refractivity contribution in [1.82, 2.24) is 9.97 Å². The van der Waals surface area contributed by atoms with Gasteiger partial charge in [-0.05, 0) is 6.92 Å². The average Bonchev–Trinajstić information content (AvgIpc) is 1.88. The fraction of sp³-hybridized carbons (Fsp3) is 0.143. The molecule has 10 heavy (non-hydrogen) atoms. The van der Waals surface area contributed by atoms with Crippen LogP contribution in [0.2, 0.25) is 0 Å². The molecule has 52 valence electrons. The molecule has 0 aliphatic heterocycles. The summed E-state index contributed by atoms with van der Waals surface area (Å²) >= 11 is 0. The molecule has 0 fully saturated rings. The van der Waals surface area contributed by atoms with Crippen LogP contribution in [0, 0.1) is 13.0 Å². The molecule has 0 aliphatic carbocycles. The van der Waals surface area contributed by atoms with E-state index in [-0.39, 0.29) is 0 Å². The number of hydrogen-bond acceptors (Lipinski definition) is 2. The van der Waals surface area contributed by atoms with E-state index in [0.717, 1.165) is 5.56 Å². The number of hydrogen-bond donors (Lipinski definition) is 0. The fourth-order valence-corrected chi connectivity index (χ4v) is 0.648. The highest BCUT2D eigenvalue weighted by atomic mass is 19.1. The van der Waals surface area contributed by atoms with Gasteiger partial charge in [-0.15, -0.1) is 0 Å². The van der Waals surface area contributed by atoms with Crippen LogP contribution >= 0.6 is 0 Å². The van der Waals surface area contributed by atoms with Crippen molar-refractivity contribution in [1.29, 1.82) is 0 Å². The van der Waals surface area contributed by atoms with Gasteiger partial charge in [0.1, 0.15) is 0 Å². The zero-order valence-electron chi connectivity index (χ0n) is 5.63. The quantitative estimate of drug-likeness (QED) is 0.550. The molecule has 1 heterocycles. The highest BCUT2D eigenvalue weighted by molar-refractivity contribution is 5.47. The maximum absolute atomic E-state index is 12.2. The van der Waals surface area contributed by atoms with Crippen LogP contribution in [0.3, 0.4) is 0 Å². The van der Waals surface area contributed by atoms with Crippen LogP contribution in [-0.2, 0) is 0 Å². The minimum Gasteiger partial charge on any atom is -0.210 e. The molecule has 0 aromatic carbocycles. The Labute approximate surface area is 58.4 Å². The SMILES string of the molecule is C=Cc1cnc(F)nc1C. The Morgan fingerprint density at radius 1 is 1.70 bits per heavy atom. The van der Waals surface area contributed by atoms with E-state index in [1.165, 1.54) is 6.20 Å². The van der Waals surface area contributed by atoms with E-state index in [1.807, 2.05) is 0 Å². The molecule has 0 unspecified atom stereocenters. The molecule has 0 atom stereocenters. The largest absolute Gasteiger partial charge is 0.308 e. The molecular weight excluding hydrogens is 131 g/mol. The standard InChI is InChI=1S/C7H7FN2/c1-3-6-4-9-7(8)10-5(6)2/h3-4H,1H2,2H3. The molecule has 0 aliphatic rings. The van der Waals surface area contributed by atoms with Crippen molar-refractivity contribution in [2.75, 3.05) is 0 Å². The first kappa shape index (κ1) is 6.86. The second-order valence-corrected chi connectivity index (χ2v) is 1.88. The van der Waals surface area contributed by atoms with Gasteiger partial charge < -0.3 is 0 Å². The average molecular weight is 138 g/mol. The summed E-state index contributed by atoms with van der Waals surface area (Å²) in [5.74, 6) is 0. The van der Waals surface area contributed by atoms with Crippen molar-refractivity contribution in [3.8, 4) is 0 Å². The van der Waals surface area contributed by atoms with Gasteiger partial charge >= 0.3 is 6.08 Å². The number of aryl methyl sites for hydroxylation is 1. The van der Waals surface area contributed by atoms with Crippen molar-refractivity contribution in [3.05, 3.63) is 30.1 Å². The van der Waals surface area contributed by atoms with Gasteiger partial charge in [0.15, 0.2) is 0 Å². The first-order valence-corrected chi connectivity index (χ1v) is 2.85. The van der Waals surface area contributed by atoms with Crippen LogP contribution in [-0.4, -0.2) is 9.97 Å². The van der Waals surface area contributed by atoms with Gasteiger partial charge in [-0.2, -0.15) is 4.39 Å². The summed E-state index contributed by atoms with van der Waals surface area (Å²) in [6, 6.07) is 0. The predicted molar refractivity (Wildman–Crippen MR) is 36.8 cm³/mol. The van der Waals surface area contributed by atoms with Gasteiger partial charge in [-0.25, -0.2) is 9.97 Å². The Morgan fingerprint density at radius 2 is 2.40 bits per heavy atom. The second kappa shape index (κ2) is 2.56. The summed E-state index contributed by atoms with van der Waals surface area (Å²) in [5, 5.41) is 0. The first-order valence-electron chi connectivity index (χ1n) is 2.85. The number of rotatable bonds is 1. The Hall–Kier alpha value is -1.25. The lowest BCUT2D eigenvalue weighted by Crippen LogP contribution is -1.93. The third-order valence-electron chi connectivity index (χ3n) is 1.21. The molecule has 0 bridgehead atoms. The van der Waals surface area contributed by atoms with E-state index in [4.69, 9.17) is 0 Å². The second-order valence-electron chi connectivity index (χ2n) is 1.88. The van der Waals surface area contributed by atoms with Crippen LogP contribution in [0.1, 0.15) is 11.3 Å². The molecule has 0 saturated heterocycles. The lowest BCUT2D eigenvalue weighted by Gasteiger charge is -1.95. The maximum Gasteiger partial charge on any atom is 0.308 e. The van der Waals surface area contributed by atoms with Gasteiger partial charge in [0.25, 0.3) is 0 Å². The molecule has 0 saturated carbocycles. The summed E-state index contributed by atoms with van der Waals surface area (Å²) in [7, 11) is 0. The van der Waals surface area contributed by atoms with E-state index < -0.39 is 6.08 Å². The van der Waals surface area contributed by atoms with Crippen molar-refractivity contribution in [3.63, 3.8) is 0 Å². The van der Waals surface area contributed by atoms with E-state index >= 15 is 0 Å². The van der Waals surface area contributed by atoms with Crippen molar-refractivity contribution in [2.24, 2.45) is 0 Å². The molecule has 2 nitrogen and oxygen atoms in total. The monoisotopic (exact) mass is 138 g/mol. The zero-order valence-corrected chi connectivity index (χ0v) is 5.63. The lowest BCUT2D eigenvalue weighted by molar-refractivity contribution is 0.534. The summed E-state index contributed by atoms with van der Waals surface area (Å²) < 4.78 is 12.2. The topological polar surface area (TPSA) is 25.8 Å². The van der Waals surface area contributed by atoms with Gasteiger partial charge in [0, 0.05) is 11.8 Å². The van der Waals surface area contributed by atoms with Gasteiger partial charge in [-0.3, -0.25) is 0 Å². The molecule has 1 aromatic heterocycles. The Balaban J connectivity index is 3.19. The Bertz CT molecular complexity index is 258. The summed E-state index contributed by atoms with van der Waals surface area (Å²) in [4.78, 5) is 6.86. The number of halogens is 1. The fourth-order valence-electron chi connectivity index (χ4n) is 0.648. The minimum absolute atomic E-state index is 0.613. The van der Waals surface area contributed by atoms with E-state index in [9.17, 15) is 4.39 Å². The number of aromatic nitrogens is 2. The van der Waals surface area contributed by atoms with Crippen LogP contribution < -0.4 is 0 Å². The molecule has 3 heteroatoms. The Kier molecular flexibility index (Phi) is 1.76. The zero-order chi connectivity index (χ0) is 7.56. The summed E-state index contributed by atoms with van der Waals surface area (Å²) in [6.45, 7) is 5.23. The van der Waals surface area contributed by atoms with Crippen LogP contribution in [0.5, 0.6) is 0 Å². The third kappa shape index (κ3) is 1.18. The third-order valence-corrected chi connectivity index (χ3v) is 1.21. The smallest absolute Gasteiger partial charge is 0.210 e. The van der Waals surface area contributed by atoms with E-state index in [1.54, 1.807) is 13.0 Å². The predicted octanol–water partition coefficient (Wildman–Crippen LogP) is 1.57. The number of nitrogens with zero attached hydrogens (tertiary/aromatic N) is 2. The van der Waals surface area contributed by atoms with Crippen molar-refractivity contribution < 1.29 is 4.39 Å². The minimum atomic E-state index is -0.692. The molecule has 1 aromatic rings. The highest BCUT2D eigenvalue weighted by Crippen LogP contribution is 2.03. The van der Waals surface area contributed by atoms with Crippen LogP contribution in [0.25, 0.3) is 6.08 Å². The molecule has 0 radical (unpaired) electrons. The molecule has 0 amide bonds. The van der Waals surface area contributed by atoms with Gasteiger partial charge in [0.05, 0.1) is 5.69 Å². The molecular formula is C7H7FN2. The maximum atomic E-state index is 12.2. The van der Waals surface area contributed by atoms with Gasteiger partial charge in [-0.1, -0.05) is 12.7 Å². The van der Waals surface area contributed by atoms with Crippen molar-refractivity contribution >= 4 is 6.08 Å². The normalized spacial score (nSPS) is 9.40. The van der Waals surface area contributed by atoms with Crippen LogP contribution in [0.15, 0.2) is 12.8 Å². The molecule has 0 N–H and O–H groups in total. The highest BCUT2D eigenvalue weighted by Gasteiger charge is 1.96. The molecule has 1 rings (SSSR count). The van der Waals surface area contributed by atoms with Crippen molar-refractivity contribution in [2.45, 2.75) is 6.92 Å². The van der Waals surface area contributed by atoms with E-state index in [0.29, 0.717) is 5.69 Å². The summed E-state index contributed by atoms with van der Waals surface area (Å²) in [6.07, 6.45) is 2.31. The molecule has 0 spiro atoms. The van der Waals surface area contributed by atoms with Crippen LogP contribution in [0.4, 0.5) is 4.39 Å². The van der Waals surface area contributed by atoms with Gasteiger partial charge in [0.2, 0.25) is 0 Å². The first-order chi connectivity index (χ1) is 4.74. The van der Waals surface area contributed by atoms with E-state index in [2.05, 4.69) is 16.5 Å².